The van der Waals surface area contributed by atoms with Crippen LogP contribution in [0.3, 0.4) is 0 Å². The van der Waals surface area contributed by atoms with E-state index in [4.69, 9.17) is 4.74 Å². The van der Waals surface area contributed by atoms with Crippen molar-refractivity contribution < 1.29 is 22.7 Å². The number of hydrogen-bond acceptors (Lipinski definition) is 4. The number of aliphatic imine (C=N–C) groups is 1. The van der Waals surface area contributed by atoms with Crippen LogP contribution in [-0.2, 0) is 6.18 Å². The molecule has 1 saturated heterocycles. The number of alkyl halides is 3. The van der Waals surface area contributed by atoms with Gasteiger partial charge in [0.05, 0.1) is 11.1 Å². The van der Waals surface area contributed by atoms with Crippen LogP contribution in [0.25, 0.3) is 0 Å². The molecule has 2 aromatic rings. The predicted molar refractivity (Wildman–Crippen MR) is 115 cm³/mol. The van der Waals surface area contributed by atoms with Gasteiger partial charge in [-0.15, -0.1) is 6.58 Å². The third-order valence-electron chi connectivity index (χ3n) is 5.45. The number of rotatable bonds is 2. The number of hydrogen-bond donors (Lipinski definition) is 1. The summed E-state index contributed by atoms with van der Waals surface area (Å²) >= 11 is 0. The van der Waals surface area contributed by atoms with Crippen molar-refractivity contribution in [1.82, 2.24) is 15.1 Å². The van der Waals surface area contributed by atoms with Gasteiger partial charge in [-0.1, -0.05) is 18.2 Å². The molecule has 6 nitrogen and oxygen atoms in total. The number of carbonyl (C=O) groups excluding carboxylic acids is 1. The molecule has 0 spiro atoms. The molecule has 2 heterocycles. The van der Waals surface area contributed by atoms with E-state index in [0.29, 0.717) is 43.3 Å². The van der Waals surface area contributed by atoms with Crippen molar-refractivity contribution in [2.75, 3.05) is 26.2 Å². The zero-order valence-corrected chi connectivity index (χ0v) is 17.5. The fraction of sp³-hybridized carbons (Fsp3) is 0.304. The number of ether oxygens (including phenoxy) is 1. The van der Waals surface area contributed by atoms with E-state index in [1.165, 1.54) is 6.07 Å². The van der Waals surface area contributed by atoms with Crippen molar-refractivity contribution in [3.05, 3.63) is 66.2 Å². The summed E-state index contributed by atoms with van der Waals surface area (Å²) < 4.78 is 45.8. The summed E-state index contributed by atoms with van der Waals surface area (Å²) in [6.07, 6.45) is -2.87. The maximum atomic E-state index is 13.3. The average molecular weight is 444 g/mol. The Labute approximate surface area is 184 Å². The SMILES string of the molecule is C=CCNC(=O)N1CCN(C2=Nc3cc(C(F)(F)F)ccc3Oc3ccccc32)CC1C. The predicted octanol–water partition coefficient (Wildman–Crippen LogP) is 4.79. The number of nitrogens with one attached hydrogen (secondary N) is 1. The largest absolute Gasteiger partial charge is 0.454 e. The Morgan fingerprint density at radius 1 is 1.25 bits per heavy atom. The van der Waals surface area contributed by atoms with Crippen LogP contribution in [0.4, 0.5) is 23.7 Å². The van der Waals surface area contributed by atoms with E-state index >= 15 is 0 Å². The maximum Gasteiger partial charge on any atom is 0.416 e. The molecule has 0 bridgehead atoms. The third kappa shape index (κ3) is 4.28. The molecule has 0 aliphatic carbocycles. The third-order valence-corrected chi connectivity index (χ3v) is 5.45. The molecule has 9 heteroatoms. The lowest BCUT2D eigenvalue weighted by Crippen LogP contribution is -2.57. The standard InChI is InChI=1S/C23H23F3N4O2/c1-3-10-27-22(31)30-12-11-29(14-15(30)2)21-17-6-4-5-7-19(17)32-20-9-8-16(23(24,25)26)13-18(20)28-21/h3-9,13,15H,1,10-12,14H2,2H3,(H,27,31). The minimum atomic E-state index is -4.48. The smallest absolute Gasteiger partial charge is 0.416 e. The summed E-state index contributed by atoms with van der Waals surface area (Å²) in [6, 6.07) is 10.2. The molecule has 2 amide bonds. The number of piperazine rings is 1. The van der Waals surface area contributed by atoms with Crippen LogP contribution in [0.15, 0.2) is 60.1 Å². The molecule has 1 fully saturated rings. The van der Waals surface area contributed by atoms with Gasteiger partial charge in [0.25, 0.3) is 0 Å². The summed E-state index contributed by atoms with van der Waals surface area (Å²) in [5.41, 5.74) is 0.0184. The molecule has 1 unspecified atom stereocenters. The highest BCUT2D eigenvalue weighted by Gasteiger charge is 2.34. The van der Waals surface area contributed by atoms with Gasteiger partial charge in [-0.25, -0.2) is 9.79 Å². The first-order valence-electron chi connectivity index (χ1n) is 10.3. The van der Waals surface area contributed by atoms with Gasteiger partial charge in [-0.05, 0) is 37.3 Å². The van der Waals surface area contributed by atoms with Crippen LogP contribution in [0.5, 0.6) is 11.5 Å². The molecule has 0 saturated carbocycles. The lowest BCUT2D eigenvalue weighted by atomic mass is 10.1. The monoisotopic (exact) mass is 444 g/mol. The van der Waals surface area contributed by atoms with Gasteiger partial charge in [-0.2, -0.15) is 13.2 Å². The van der Waals surface area contributed by atoms with Crippen LogP contribution in [0.1, 0.15) is 18.1 Å². The van der Waals surface area contributed by atoms with Gasteiger partial charge in [-0.3, -0.25) is 0 Å². The normalized spacial score (nSPS) is 18.0. The zero-order valence-electron chi connectivity index (χ0n) is 17.5. The molecule has 0 radical (unpaired) electrons. The molecule has 0 aromatic heterocycles. The number of amidine groups is 1. The summed E-state index contributed by atoms with van der Waals surface area (Å²) in [7, 11) is 0. The Balaban J connectivity index is 1.68. The number of para-hydroxylation sites is 1. The summed E-state index contributed by atoms with van der Waals surface area (Å²) in [6.45, 7) is 7.30. The summed E-state index contributed by atoms with van der Waals surface area (Å²) in [4.78, 5) is 20.7. The number of benzene rings is 2. The molecular formula is C23H23F3N4O2. The van der Waals surface area contributed by atoms with Crippen LogP contribution in [0.2, 0.25) is 0 Å². The number of amides is 2. The van der Waals surface area contributed by atoms with Crippen LogP contribution >= 0.6 is 0 Å². The minimum Gasteiger partial charge on any atom is -0.454 e. The average Bonchev–Trinajstić information content (AvgIpc) is 2.93. The molecule has 2 aliphatic rings. The highest BCUT2D eigenvalue weighted by Crippen LogP contribution is 2.41. The Hall–Kier alpha value is -3.49. The molecule has 2 aliphatic heterocycles. The molecule has 32 heavy (non-hydrogen) atoms. The number of fused-ring (bicyclic) bond motifs is 2. The highest BCUT2D eigenvalue weighted by atomic mass is 19.4. The van der Waals surface area contributed by atoms with Crippen molar-refractivity contribution in [2.45, 2.75) is 19.1 Å². The van der Waals surface area contributed by atoms with E-state index in [9.17, 15) is 18.0 Å². The fourth-order valence-corrected chi connectivity index (χ4v) is 3.85. The van der Waals surface area contributed by atoms with E-state index in [-0.39, 0.29) is 23.5 Å². The van der Waals surface area contributed by atoms with Crippen LogP contribution in [-0.4, -0.2) is 53.9 Å². The minimum absolute atomic E-state index is 0.116. The molecule has 1 atom stereocenters. The number of carbonyl (C=O) groups is 1. The van der Waals surface area contributed by atoms with E-state index in [2.05, 4.69) is 16.9 Å². The van der Waals surface area contributed by atoms with Crippen molar-refractivity contribution >= 4 is 17.6 Å². The van der Waals surface area contributed by atoms with E-state index in [1.54, 1.807) is 23.1 Å². The number of halogens is 3. The Bertz CT molecular complexity index is 1070. The Morgan fingerprint density at radius 3 is 2.75 bits per heavy atom. The van der Waals surface area contributed by atoms with Gasteiger partial charge in [0.2, 0.25) is 0 Å². The van der Waals surface area contributed by atoms with E-state index < -0.39 is 11.7 Å². The number of urea groups is 1. The lowest BCUT2D eigenvalue weighted by Gasteiger charge is -2.41. The first kappa shape index (κ1) is 21.7. The molecule has 168 valence electrons. The molecule has 4 rings (SSSR count). The topological polar surface area (TPSA) is 57.2 Å². The van der Waals surface area contributed by atoms with E-state index in [0.717, 1.165) is 12.1 Å². The second-order valence-corrected chi connectivity index (χ2v) is 7.68. The van der Waals surface area contributed by atoms with Gasteiger partial charge < -0.3 is 19.9 Å². The maximum absolute atomic E-state index is 13.3. The second kappa shape index (κ2) is 8.57. The van der Waals surface area contributed by atoms with Gasteiger partial charge >= 0.3 is 12.2 Å². The van der Waals surface area contributed by atoms with Crippen LogP contribution < -0.4 is 10.1 Å². The van der Waals surface area contributed by atoms with Crippen LogP contribution in [0, 0.1) is 0 Å². The molecule has 1 N–H and O–H groups in total. The van der Waals surface area contributed by atoms with Gasteiger partial charge in [0.1, 0.15) is 17.3 Å². The lowest BCUT2D eigenvalue weighted by molar-refractivity contribution is -0.137. The first-order valence-corrected chi connectivity index (χ1v) is 10.3. The number of nitrogens with zero attached hydrogens (tertiary/aromatic N) is 3. The Morgan fingerprint density at radius 2 is 2.03 bits per heavy atom. The second-order valence-electron chi connectivity index (χ2n) is 7.68. The first-order chi connectivity index (χ1) is 15.3. The van der Waals surface area contributed by atoms with E-state index in [1.807, 2.05) is 24.0 Å². The van der Waals surface area contributed by atoms with Gasteiger partial charge in [0.15, 0.2) is 5.75 Å². The van der Waals surface area contributed by atoms with Crippen molar-refractivity contribution in [1.29, 1.82) is 0 Å². The summed E-state index contributed by atoms with van der Waals surface area (Å²) in [5.74, 6) is 1.30. The Kier molecular flexibility index (Phi) is 5.82. The highest BCUT2D eigenvalue weighted by molar-refractivity contribution is 6.04. The quantitative estimate of drug-likeness (QED) is 0.678. The molecule has 2 aromatic carbocycles. The van der Waals surface area contributed by atoms with Crippen molar-refractivity contribution in [2.24, 2.45) is 4.99 Å². The molecular weight excluding hydrogens is 421 g/mol. The van der Waals surface area contributed by atoms with Crippen molar-refractivity contribution in [3.8, 4) is 11.5 Å². The fourth-order valence-electron chi connectivity index (χ4n) is 3.85. The van der Waals surface area contributed by atoms with Crippen molar-refractivity contribution in [3.63, 3.8) is 0 Å². The van der Waals surface area contributed by atoms with Gasteiger partial charge in [0, 0.05) is 32.2 Å². The summed E-state index contributed by atoms with van der Waals surface area (Å²) in [5, 5.41) is 2.78. The zero-order chi connectivity index (χ0) is 22.9.